The number of anilines is 3. The van der Waals surface area contributed by atoms with Crippen LogP contribution in [0, 0.1) is 11.8 Å². The van der Waals surface area contributed by atoms with Crippen molar-refractivity contribution in [3.63, 3.8) is 0 Å². The molecular weight excluding hydrogens is 863 g/mol. The van der Waals surface area contributed by atoms with E-state index >= 15 is 0 Å². The Morgan fingerprint density at radius 2 is 1.03 bits per heavy atom. The van der Waals surface area contributed by atoms with Gasteiger partial charge < -0.3 is 4.90 Å². The predicted molar refractivity (Wildman–Crippen MR) is 297 cm³/mol. The average Bonchev–Trinajstić information content (AvgIpc) is 4.24. The molecule has 334 valence electrons. The molecule has 0 radical (unpaired) electrons. The van der Waals surface area contributed by atoms with Crippen LogP contribution in [0.4, 0.5) is 17.1 Å². The van der Waals surface area contributed by atoms with Crippen LogP contribution in [0.15, 0.2) is 212 Å². The summed E-state index contributed by atoms with van der Waals surface area (Å²) in [6.07, 6.45) is 5.32. The molecule has 4 aliphatic rings. The molecule has 0 N–H and O–H groups in total. The third-order valence-electron chi connectivity index (χ3n) is 17.3. The lowest BCUT2D eigenvalue weighted by Crippen LogP contribution is -2.32. The number of rotatable bonds is 6. The zero-order valence-electron chi connectivity index (χ0n) is 39.5. The molecule has 2 heteroatoms. The molecular formula is C68H51NS. The van der Waals surface area contributed by atoms with E-state index in [1.165, 1.54) is 135 Å². The number of benzene rings is 10. The van der Waals surface area contributed by atoms with Crippen molar-refractivity contribution in [2.75, 3.05) is 4.90 Å². The first kappa shape index (κ1) is 40.4. The molecule has 0 amide bonds. The molecule has 3 atom stereocenters. The van der Waals surface area contributed by atoms with Crippen LogP contribution in [0.2, 0.25) is 0 Å². The topological polar surface area (TPSA) is 3.24 Å². The highest BCUT2D eigenvalue weighted by molar-refractivity contribution is 7.26. The number of thiophene rings is 1. The number of fused-ring (bicyclic) bond motifs is 16. The molecule has 11 aromatic rings. The Morgan fingerprint density at radius 1 is 0.443 bits per heavy atom. The van der Waals surface area contributed by atoms with Gasteiger partial charge in [0.25, 0.3) is 0 Å². The average molecular weight is 914 g/mol. The Kier molecular flexibility index (Phi) is 8.65. The van der Waals surface area contributed by atoms with Gasteiger partial charge >= 0.3 is 0 Å². The summed E-state index contributed by atoms with van der Waals surface area (Å²) in [4.78, 5) is 2.51. The van der Waals surface area contributed by atoms with E-state index in [1.54, 1.807) is 5.56 Å². The Hall–Kier alpha value is -7.52. The minimum Gasteiger partial charge on any atom is -0.310 e. The van der Waals surface area contributed by atoms with Crippen LogP contribution >= 0.6 is 11.3 Å². The van der Waals surface area contributed by atoms with Gasteiger partial charge in [-0.05, 0) is 162 Å². The van der Waals surface area contributed by atoms with Crippen LogP contribution in [-0.2, 0) is 10.8 Å². The van der Waals surface area contributed by atoms with Crippen LogP contribution < -0.4 is 4.90 Å². The van der Waals surface area contributed by atoms with Gasteiger partial charge in [0.15, 0.2) is 0 Å². The summed E-state index contributed by atoms with van der Waals surface area (Å²) < 4.78 is 2.69. The molecule has 10 aromatic carbocycles. The van der Waals surface area contributed by atoms with E-state index in [-0.39, 0.29) is 10.8 Å². The summed E-state index contributed by atoms with van der Waals surface area (Å²) in [5, 5.41) is 5.30. The highest BCUT2D eigenvalue weighted by Gasteiger charge is 2.56. The zero-order chi connectivity index (χ0) is 46.3. The van der Waals surface area contributed by atoms with Crippen LogP contribution in [0.5, 0.6) is 0 Å². The van der Waals surface area contributed by atoms with E-state index in [9.17, 15) is 0 Å². The molecule has 3 unspecified atom stereocenters. The minimum atomic E-state index is -0.109. The molecule has 1 heterocycles. The second kappa shape index (κ2) is 15.0. The highest BCUT2D eigenvalue weighted by atomic mass is 32.1. The molecule has 0 aliphatic heterocycles. The number of nitrogens with zero attached hydrogens (tertiary/aromatic N) is 1. The Morgan fingerprint density at radius 3 is 1.77 bits per heavy atom. The largest absolute Gasteiger partial charge is 0.310 e. The highest BCUT2D eigenvalue weighted by Crippen LogP contribution is 2.66. The third-order valence-corrected chi connectivity index (χ3v) is 18.6. The molecule has 4 aliphatic carbocycles. The van der Waals surface area contributed by atoms with Crippen LogP contribution in [0.3, 0.4) is 0 Å². The first-order valence-electron chi connectivity index (χ1n) is 25.4. The van der Waals surface area contributed by atoms with E-state index in [0.29, 0.717) is 5.92 Å². The molecule has 1 aromatic heterocycles. The lowest BCUT2D eigenvalue weighted by molar-refractivity contribution is 0.327. The van der Waals surface area contributed by atoms with Crippen molar-refractivity contribution < 1.29 is 0 Å². The molecule has 15 rings (SSSR count). The van der Waals surface area contributed by atoms with Crippen molar-refractivity contribution in [3.05, 3.63) is 235 Å². The lowest BCUT2D eigenvalue weighted by Gasteiger charge is -2.37. The molecule has 70 heavy (non-hydrogen) atoms. The second-order valence-corrected chi connectivity index (χ2v) is 22.2. The quantitative estimate of drug-likeness (QED) is 0.161. The van der Waals surface area contributed by atoms with E-state index in [2.05, 4.69) is 231 Å². The second-order valence-electron chi connectivity index (χ2n) is 21.1. The SMILES string of the molecule is CC1(C)c2ccccc2-c2cccc(-c3ccccc3-c3ccc(N(c4ccc(-c5cccc6sc7c8ccccc8ccc7c56)cc4)c4ccc5c(c4)C4(CC6CCC4C6)c4ccccc4-5)cc3)c21. The van der Waals surface area contributed by atoms with Gasteiger partial charge in [0.1, 0.15) is 0 Å². The van der Waals surface area contributed by atoms with Gasteiger partial charge in [0.05, 0.1) is 0 Å². The number of hydrogen-bond acceptors (Lipinski definition) is 2. The standard InChI is InChI=1S/C68H51NS/c1-67(2)60-22-9-7-18-55(60)58-21-11-20-57(65(58)67)53-16-6-5-14-50(53)44-26-32-47(33-27-44)69(49-36-38-56-54-17-8-10-23-61(54)68(62(56)40-49)41-42-25-31-46(68)39-42)48-34-28-45(29-35-48)51-19-12-24-63-64(51)59-37-30-43-13-3-4-15-52(43)66(59)70-63/h3-24,26-30,32-38,40,42,46H,25,31,39,41H2,1-2H3. The fourth-order valence-electron chi connectivity index (χ4n) is 14.4. The van der Waals surface area contributed by atoms with Gasteiger partial charge in [-0.1, -0.05) is 190 Å². The van der Waals surface area contributed by atoms with Gasteiger partial charge in [-0.15, -0.1) is 11.3 Å². The Labute approximate surface area is 414 Å². The molecule has 1 spiro atoms. The van der Waals surface area contributed by atoms with Gasteiger partial charge in [0, 0.05) is 48.1 Å². The summed E-state index contributed by atoms with van der Waals surface area (Å²) in [5.74, 6) is 1.51. The molecule has 2 fully saturated rings. The minimum absolute atomic E-state index is 0.0921. The van der Waals surface area contributed by atoms with Gasteiger partial charge in [0.2, 0.25) is 0 Å². The molecule has 2 saturated carbocycles. The van der Waals surface area contributed by atoms with Gasteiger partial charge in [-0.2, -0.15) is 0 Å². The van der Waals surface area contributed by atoms with Crippen molar-refractivity contribution in [3.8, 4) is 55.6 Å². The third kappa shape index (κ3) is 5.66. The monoisotopic (exact) mass is 913 g/mol. The lowest BCUT2D eigenvalue weighted by atomic mass is 9.67. The molecule has 1 nitrogen and oxygen atoms in total. The Balaban J connectivity index is 0.864. The summed E-state index contributed by atoms with van der Waals surface area (Å²) in [5.41, 5.74) is 22.6. The predicted octanol–water partition coefficient (Wildman–Crippen LogP) is 19.1. The zero-order valence-corrected chi connectivity index (χ0v) is 40.4. The molecule has 2 bridgehead atoms. The van der Waals surface area contributed by atoms with Crippen LogP contribution in [-0.4, -0.2) is 0 Å². The van der Waals surface area contributed by atoms with Crippen molar-refractivity contribution in [2.45, 2.75) is 50.4 Å². The van der Waals surface area contributed by atoms with E-state index in [0.717, 1.165) is 17.3 Å². The van der Waals surface area contributed by atoms with Crippen molar-refractivity contribution in [1.82, 2.24) is 0 Å². The van der Waals surface area contributed by atoms with Crippen LogP contribution in [0.25, 0.3) is 86.6 Å². The maximum atomic E-state index is 2.59. The fraction of sp³-hybridized carbons (Fsp3) is 0.147. The number of hydrogen-bond donors (Lipinski definition) is 0. The fourth-order valence-corrected chi connectivity index (χ4v) is 15.6. The van der Waals surface area contributed by atoms with Crippen LogP contribution in [0.1, 0.15) is 61.8 Å². The maximum Gasteiger partial charge on any atom is 0.0465 e. The molecule has 0 saturated heterocycles. The normalized spacial score (nSPS) is 18.9. The van der Waals surface area contributed by atoms with Crippen molar-refractivity contribution in [2.24, 2.45) is 11.8 Å². The van der Waals surface area contributed by atoms with Gasteiger partial charge in [-0.25, -0.2) is 0 Å². The van der Waals surface area contributed by atoms with Crippen molar-refractivity contribution in [1.29, 1.82) is 0 Å². The smallest absolute Gasteiger partial charge is 0.0465 e. The maximum absolute atomic E-state index is 2.59. The summed E-state index contributed by atoms with van der Waals surface area (Å²) in [7, 11) is 0. The summed E-state index contributed by atoms with van der Waals surface area (Å²) >= 11 is 1.91. The van der Waals surface area contributed by atoms with E-state index < -0.39 is 0 Å². The Bertz CT molecular complexity index is 3950. The summed E-state index contributed by atoms with van der Waals surface area (Å²) in [6.45, 7) is 4.78. The first-order valence-corrected chi connectivity index (χ1v) is 26.2. The van der Waals surface area contributed by atoms with Gasteiger partial charge in [-0.3, -0.25) is 0 Å². The van der Waals surface area contributed by atoms with E-state index in [4.69, 9.17) is 0 Å². The first-order chi connectivity index (χ1) is 34.4. The van der Waals surface area contributed by atoms with E-state index in [1.807, 2.05) is 11.3 Å². The van der Waals surface area contributed by atoms with Crippen molar-refractivity contribution >= 4 is 59.3 Å². The summed E-state index contributed by atoms with van der Waals surface area (Å²) in [6, 6.07) is 80.7.